The van der Waals surface area contributed by atoms with Crippen molar-refractivity contribution < 1.29 is 9.59 Å². The van der Waals surface area contributed by atoms with E-state index in [2.05, 4.69) is 20.6 Å². The average Bonchev–Trinajstić information content (AvgIpc) is 2.54. The summed E-state index contributed by atoms with van der Waals surface area (Å²) in [7, 11) is 1.54. The summed E-state index contributed by atoms with van der Waals surface area (Å²) in [6, 6.07) is 8.45. The monoisotopic (exact) mass is 346 g/mol. The second-order valence-electron chi connectivity index (χ2n) is 4.85. The number of carbonyl (C=O) groups excluding carboxylic acids is 2. The number of benzene rings is 1. The van der Waals surface area contributed by atoms with Gasteiger partial charge in [0.05, 0.1) is 11.4 Å². The molecule has 3 amide bonds. The van der Waals surface area contributed by atoms with Crippen molar-refractivity contribution in [1.29, 1.82) is 0 Å². The molecule has 126 valence electrons. The maximum absolute atomic E-state index is 11.3. The molecule has 0 saturated carbocycles. The molecule has 0 aliphatic carbocycles. The molecule has 0 spiro atoms. The maximum Gasteiger partial charge on any atom is 0.318 e. The molecule has 1 heterocycles. The molecule has 0 radical (unpaired) electrons. The van der Waals surface area contributed by atoms with E-state index < -0.39 is 0 Å². The standard InChI is InChI=1S/C15H18N6O2S/c1-18-15(23)20-10-4-2-9(3-5-10)14-19-11(6-12(16)21-14)7-24-8-13(17)22/h2-6H,7-8H2,1H3,(H2,17,22)(H2,16,19,21)(H2,18,20,23). The molecule has 0 aliphatic heterocycles. The van der Waals surface area contributed by atoms with Crippen molar-refractivity contribution in [3.05, 3.63) is 36.0 Å². The number of nitrogen functional groups attached to an aromatic ring is 1. The van der Waals surface area contributed by atoms with Gasteiger partial charge >= 0.3 is 6.03 Å². The summed E-state index contributed by atoms with van der Waals surface area (Å²) in [6.45, 7) is 0. The second-order valence-corrected chi connectivity index (χ2v) is 5.83. The van der Waals surface area contributed by atoms with Crippen molar-refractivity contribution in [3.8, 4) is 11.4 Å². The van der Waals surface area contributed by atoms with Crippen LogP contribution >= 0.6 is 11.8 Å². The first-order valence-corrected chi connectivity index (χ1v) is 8.22. The highest BCUT2D eigenvalue weighted by molar-refractivity contribution is 7.99. The molecular formula is C15H18N6O2S. The van der Waals surface area contributed by atoms with Crippen LogP contribution in [0.1, 0.15) is 5.69 Å². The first-order chi connectivity index (χ1) is 11.5. The van der Waals surface area contributed by atoms with E-state index in [1.54, 1.807) is 37.4 Å². The molecule has 24 heavy (non-hydrogen) atoms. The second kappa shape index (κ2) is 8.16. The summed E-state index contributed by atoms with van der Waals surface area (Å²) in [6.07, 6.45) is 0. The Hall–Kier alpha value is -2.81. The number of hydrogen-bond donors (Lipinski definition) is 4. The van der Waals surface area contributed by atoms with Gasteiger partial charge in [0.2, 0.25) is 5.91 Å². The van der Waals surface area contributed by atoms with E-state index in [9.17, 15) is 9.59 Å². The van der Waals surface area contributed by atoms with Gasteiger partial charge in [-0.2, -0.15) is 0 Å². The van der Waals surface area contributed by atoms with Crippen molar-refractivity contribution in [2.24, 2.45) is 5.73 Å². The van der Waals surface area contributed by atoms with Gasteiger partial charge in [-0.15, -0.1) is 11.8 Å². The molecule has 0 bridgehead atoms. The zero-order valence-electron chi connectivity index (χ0n) is 13.1. The largest absolute Gasteiger partial charge is 0.384 e. The van der Waals surface area contributed by atoms with E-state index in [0.717, 1.165) is 11.3 Å². The van der Waals surface area contributed by atoms with E-state index in [1.165, 1.54) is 11.8 Å². The predicted molar refractivity (Wildman–Crippen MR) is 95.3 cm³/mol. The molecule has 6 N–H and O–H groups in total. The zero-order valence-corrected chi connectivity index (χ0v) is 13.9. The van der Waals surface area contributed by atoms with Crippen LogP contribution in [-0.2, 0) is 10.5 Å². The number of thioether (sulfide) groups is 1. The third-order valence-corrected chi connectivity index (χ3v) is 3.91. The van der Waals surface area contributed by atoms with Gasteiger partial charge < -0.3 is 22.1 Å². The van der Waals surface area contributed by atoms with Crippen LogP contribution in [0, 0.1) is 0 Å². The summed E-state index contributed by atoms with van der Waals surface area (Å²) in [5.41, 5.74) is 13.1. The average molecular weight is 346 g/mol. The zero-order chi connectivity index (χ0) is 17.5. The fourth-order valence-corrected chi connectivity index (χ4v) is 2.53. The minimum atomic E-state index is -0.374. The fourth-order valence-electron chi connectivity index (χ4n) is 1.87. The lowest BCUT2D eigenvalue weighted by Gasteiger charge is -2.07. The summed E-state index contributed by atoms with van der Waals surface area (Å²) in [5.74, 6) is 1.19. The molecular weight excluding hydrogens is 328 g/mol. The number of hydrogen-bond acceptors (Lipinski definition) is 6. The summed E-state index contributed by atoms with van der Waals surface area (Å²) < 4.78 is 0. The summed E-state index contributed by atoms with van der Waals surface area (Å²) in [5, 5.41) is 5.14. The van der Waals surface area contributed by atoms with Crippen LogP contribution in [0.2, 0.25) is 0 Å². The van der Waals surface area contributed by atoms with Crippen LogP contribution in [-0.4, -0.2) is 34.7 Å². The van der Waals surface area contributed by atoms with Gasteiger partial charge in [0.25, 0.3) is 0 Å². The van der Waals surface area contributed by atoms with Crippen LogP contribution in [0.3, 0.4) is 0 Å². The third kappa shape index (κ3) is 5.13. The Labute approximate surface area is 143 Å². The van der Waals surface area contributed by atoms with Crippen molar-refractivity contribution in [2.75, 3.05) is 23.9 Å². The summed E-state index contributed by atoms with van der Waals surface area (Å²) >= 11 is 1.36. The fraction of sp³-hybridized carbons (Fsp3) is 0.200. The van der Waals surface area contributed by atoms with Crippen molar-refractivity contribution in [1.82, 2.24) is 15.3 Å². The van der Waals surface area contributed by atoms with Gasteiger partial charge in [0.1, 0.15) is 5.82 Å². The molecule has 0 unspecified atom stereocenters. The van der Waals surface area contributed by atoms with Crippen LogP contribution < -0.4 is 22.1 Å². The normalized spacial score (nSPS) is 10.2. The first kappa shape index (κ1) is 17.5. The van der Waals surface area contributed by atoms with E-state index in [4.69, 9.17) is 11.5 Å². The SMILES string of the molecule is CNC(=O)Nc1ccc(-c2nc(N)cc(CSCC(N)=O)n2)cc1. The van der Waals surface area contributed by atoms with Gasteiger partial charge in [-0.25, -0.2) is 14.8 Å². The molecule has 2 rings (SSSR count). The van der Waals surface area contributed by atoms with Gasteiger partial charge in [-0.1, -0.05) is 0 Å². The van der Waals surface area contributed by atoms with Gasteiger partial charge in [-0.3, -0.25) is 4.79 Å². The Kier molecular flexibility index (Phi) is 5.96. The Balaban J connectivity index is 2.14. The highest BCUT2D eigenvalue weighted by Crippen LogP contribution is 2.21. The predicted octanol–water partition coefficient (Wildman–Crippen LogP) is 1.20. The highest BCUT2D eigenvalue weighted by Gasteiger charge is 2.07. The van der Waals surface area contributed by atoms with Crippen LogP contribution in [0.15, 0.2) is 30.3 Å². The highest BCUT2D eigenvalue weighted by atomic mass is 32.2. The lowest BCUT2D eigenvalue weighted by atomic mass is 10.2. The lowest BCUT2D eigenvalue weighted by molar-refractivity contribution is -0.115. The van der Waals surface area contributed by atoms with E-state index in [0.29, 0.717) is 23.1 Å². The molecule has 8 nitrogen and oxygen atoms in total. The number of nitrogens with zero attached hydrogens (tertiary/aromatic N) is 2. The molecule has 1 aromatic carbocycles. The van der Waals surface area contributed by atoms with Crippen LogP contribution in [0.4, 0.5) is 16.3 Å². The number of rotatable bonds is 6. The quantitative estimate of drug-likeness (QED) is 0.620. The molecule has 0 atom stereocenters. The molecule has 0 fully saturated rings. The number of nitrogens with one attached hydrogen (secondary N) is 2. The Morgan fingerprint density at radius 3 is 2.54 bits per heavy atom. The number of nitrogens with two attached hydrogens (primary N) is 2. The molecule has 2 aromatic rings. The molecule has 9 heteroatoms. The van der Waals surface area contributed by atoms with Crippen LogP contribution in [0.25, 0.3) is 11.4 Å². The van der Waals surface area contributed by atoms with Crippen molar-refractivity contribution >= 4 is 35.2 Å². The van der Waals surface area contributed by atoms with Crippen LogP contribution in [0.5, 0.6) is 0 Å². The molecule has 0 aliphatic rings. The maximum atomic E-state index is 11.3. The minimum absolute atomic E-state index is 0.221. The molecule has 1 aromatic heterocycles. The van der Waals surface area contributed by atoms with Crippen molar-refractivity contribution in [3.63, 3.8) is 0 Å². The lowest BCUT2D eigenvalue weighted by Crippen LogP contribution is -2.24. The number of carbonyl (C=O) groups is 2. The smallest absolute Gasteiger partial charge is 0.318 e. The number of primary amides is 1. The van der Waals surface area contributed by atoms with E-state index >= 15 is 0 Å². The number of urea groups is 1. The Morgan fingerprint density at radius 2 is 1.92 bits per heavy atom. The van der Waals surface area contributed by atoms with E-state index in [-0.39, 0.29) is 17.7 Å². The first-order valence-electron chi connectivity index (χ1n) is 7.06. The number of amides is 3. The minimum Gasteiger partial charge on any atom is -0.384 e. The van der Waals surface area contributed by atoms with Gasteiger partial charge in [0.15, 0.2) is 5.82 Å². The number of anilines is 2. The molecule has 0 saturated heterocycles. The Morgan fingerprint density at radius 1 is 1.21 bits per heavy atom. The van der Waals surface area contributed by atoms with Gasteiger partial charge in [0, 0.05) is 30.1 Å². The topological polar surface area (TPSA) is 136 Å². The van der Waals surface area contributed by atoms with E-state index in [1.807, 2.05) is 0 Å². The number of aromatic nitrogens is 2. The third-order valence-electron chi connectivity index (χ3n) is 2.92. The summed E-state index contributed by atoms with van der Waals surface area (Å²) in [4.78, 5) is 30.7. The Bertz CT molecular complexity index is 735. The van der Waals surface area contributed by atoms with Crippen molar-refractivity contribution in [2.45, 2.75) is 5.75 Å². The van der Waals surface area contributed by atoms with Gasteiger partial charge in [-0.05, 0) is 24.3 Å².